The van der Waals surface area contributed by atoms with Crippen molar-refractivity contribution in [2.24, 2.45) is 29.1 Å². The Hall–Kier alpha value is -0.0400. The third-order valence-electron chi connectivity index (χ3n) is 7.30. The van der Waals surface area contributed by atoms with Crippen molar-refractivity contribution in [1.82, 2.24) is 5.32 Å². The first-order valence-corrected chi connectivity index (χ1v) is 9.43. The summed E-state index contributed by atoms with van der Waals surface area (Å²) in [5.41, 5.74) is 0.686. The maximum atomic E-state index is 4.10. The van der Waals surface area contributed by atoms with Gasteiger partial charge in [0.25, 0.3) is 0 Å². The highest BCUT2D eigenvalue weighted by molar-refractivity contribution is 5.05. The van der Waals surface area contributed by atoms with Crippen molar-refractivity contribution in [3.63, 3.8) is 0 Å². The molecule has 1 nitrogen and oxygen atoms in total. The summed E-state index contributed by atoms with van der Waals surface area (Å²) in [6.07, 6.45) is 15.2. The maximum absolute atomic E-state index is 4.10. The zero-order valence-corrected chi connectivity index (χ0v) is 13.5. The predicted molar refractivity (Wildman–Crippen MR) is 84.6 cm³/mol. The maximum Gasteiger partial charge on any atom is 0.00980 e. The fourth-order valence-corrected chi connectivity index (χ4v) is 6.35. The molecule has 0 amide bonds. The van der Waals surface area contributed by atoms with Gasteiger partial charge in [0.15, 0.2) is 0 Å². The molecule has 0 spiro atoms. The molecule has 0 aromatic rings. The number of rotatable bonds is 6. The van der Waals surface area contributed by atoms with E-state index < -0.39 is 0 Å². The monoisotopic (exact) mass is 275 g/mol. The Morgan fingerprint density at radius 1 is 1.00 bits per heavy atom. The zero-order valence-electron chi connectivity index (χ0n) is 13.5. The van der Waals surface area contributed by atoms with Gasteiger partial charge >= 0.3 is 0 Å². The summed E-state index contributed by atoms with van der Waals surface area (Å²) in [6.45, 7) is 4.91. The van der Waals surface area contributed by atoms with Crippen LogP contribution in [-0.4, -0.2) is 12.1 Å². The van der Waals surface area contributed by atoms with Crippen LogP contribution in [-0.2, 0) is 0 Å². The highest BCUT2D eigenvalue weighted by atomic mass is 15.0. The standard InChI is InChI=1S/C19H33N/c1-3-18(9-14-4-5-14)20-13(2)19-10-15-6-16(11-19)8-17(7-15)12-19/h13-18,20H,3-12H2,1-2H3. The van der Waals surface area contributed by atoms with E-state index in [-0.39, 0.29) is 0 Å². The van der Waals surface area contributed by atoms with Gasteiger partial charge in [0.1, 0.15) is 0 Å². The van der Waals surface area contributed by atoms with Gasteiger partial charge in [-0.25, -0.2) is 0 Å². The molecule has 1 heteroatoms. The third kappa shape index (κ3) is 2.45. The lowest BCUT2D eigenvalue weighted by atomic mass is 9.48. The summed E-state index contributed by atoms with van der Waals surface area (Å²) >= 11 is 0. The van der Waals surface area contributed by atoms with E-state index in [1.165, 1.54) is 25.7 Å². The number of hydrogen-bond acceptors (Lipinski definition) is 1. The van der Waals surface area contributed by atoms with Gasteiger partial charge in [-0.05, 0) is 87.4 Å². The molecule has 5 rings (SSSR count). The molecule has 0 radical (unpaired) electrons. The Morgan fingerprint density at radius 3 is 2.00 bits per heavy atom. The molecular formula is C19H33N. The van der Waals surface area contributed by atoms with Crippen molar-refractivity contribution in [2.45, 2.75) is 90.1 Å². The predicted octanol–water partition coefficient (Wildman–Crippen LogP) is 4.76. The topological polar surface area (TPSA) is 12.0 Å². The van der Waals surface area contributed by atoms with Gasteiger partial charge in [-0.15, -0.1) is 0 Å². The Balaban J connectivity index is 1.42. The van der Waals surface area contributed by atoms with E-state index in [9.17, 15) is 0 Å². The van der Waals surface area contributed by atoms with E-state index in [1.807, 2.05) is 0 Å². The minimum atomic E-state index is 0.686. The normalized spacial score (nSPS) is 45.6. The van der Waals surface area contributed by atoms with E-state index in [2.05, 4.69) is 19.2 Å². The van der Waals surface area contributed by atoms with Crippen LogP contribution in [0.1, 0.15) is 78.1 Å². The summed E-state index contributed by atoms with van der Waals surface area (Å²) in [5.74, 6) is 4.34. The first kappa shape index (κ1) is 13.6. The first-order valence-electron chi connectivity index (χ1n) is 9.43. The van der Waals surface area contributed by atoms with Gasteiger partial charge in [-0.3, -0.25) is 0 Å². The summed E-state index contributed by atoms with van der Waals surface area (Å²) < 4.78 is 0. The fourth-order valence-electron chi connectivity index (χ4n) is 6.35. The van der Waals surface area contributed by atoms with Gasteiger partial charge in [-0.1, -0.05) is 19.8 Å². The van der Waals surface area contributed by atoms with Crippen molar-refractivity contribution in [1.29, 1.82) is 0 Å². The second-order valence-corrected chi connectivity index (χ2v) is 8.95. The molecule has 5 aliphatic carbocycles. The van der Waals surface area contributed by atoms with E-state index >= 15 is 0 Å². The molecule has 2 atom stereocenters. The minimum Gasteiger partial charge on any atom is -0.311 e. The van der Waals surface area contributed by atoms with Crippen molar-refractivity contribution in [2.75, 3.05) is 0 Å². The largest absolute Gasteiger partial charge is 0.311 e. The molecule has 5 fully saturated rings. The van der Waals surface area contributed by atoms with Crippen molar-refractivity contribution in [3.8, 4) is 0 Å². The number of hydrogen-bond donors (Lipinski definition) is 1. The average Bonchev–Trinajstić information content (AvgIpc) is 3.20. The molecule has 0 aliphatic heterocycles. The van der Waals surface area contributed by atoms with Crippen LogP contribution in [0, 0.1) is 29.1 Å². The molecule has 0 saturated heterocycles. The van der Waals surface area contributed by atoms with Crippen LogP contribution in [0.4, 0.5) is 0 Å². The van der Waals surface area contributed by atoms with Gasteiger partial charge in [0.2, 0.25) is 0 Å². The molecule has 114 valence electrons. The van der Waals surface area contributed by atoms with E-state index in [1.54, 1.807) is 38.5 Å². The molecular weight excluding hydrogens is 242 g/mol. The Bertz CT molecular complexity index is 321. The molecule has 0 aromatic heterocycles. The van der Waals surface area contributed by atoms with E-state index in [0.29, 0.717) is 5.41 Å². The Morgan fingerprint density at radius 2 is 1.55 bits per heavy atom. The lowest BCUT2D eigenvalue weighted by molar-refractivity contribution is -0.0724. The summed E-state index contributed by atoms with van der Waals surface area (Å²) in [7, 11) is 0. The van der Waals surface area contributed by atoms with Gasteiger partial charge < -0.3 is 5.32 Å². The van der Waals surface area contributed by atoms with Crippen LogP contribution in [0.3, 0.4) is 0 Å². The Kier molecular flexibility index (Phi) is 3.41. The average molecular weight is 275 g/mol. The van der Waals surface area contributed by atoms with Crippen LogP contribution in [0.2, 0.25) is 0 Å². The van der Waals surface area contributed by atoms with Crippen LogP contribution in [0.15, 0.2) is 0 Å². The number of nitrogens with one attached hydrogen (secondary N) is 1. The van der Waals surface area contributed by atoms with Crippen molar-refractivity contribution in [3.05, 3.63) is 0 Å². The highest BCUT2D eigenvalue weighted by Gasteiger charge is 2.53. The molecule has 0 aromatic carbocycles. The molecule has 0 heterocycles. The molecule has 5 saturated carbocycles. The zero-order chi connectivity index (χ0) is 13.7. The van der Waals surface area contributed by atoms with E-state index in [4.69, 9.17) is 0 Å². The molecule has 2 unspecified atom stereocenters. The summed E-state index contributed by atoms with van der Waals surface area (Å²) in [6, 6.07) is 1.56. The van der Waals surface area contributed by atoms with E-state index in [0.717, 1.165) is 35.8 Å². The molecule has 4 bridgehead atoms. The van der Waals surface area contributed by atoms with Crippen LogP contribution < -0.4 is 5.32 Å². The smallest absolute Gasteiger partial charge is 0.00980 e. The molecule has 1 N–H and O–H groups in total. The molecule has 20 heavy (non-hydrogen) atoms. The quantitative estimate of drug-likeness (QED) is 0.737. The van der Waals surface area contributed by atoms with Gasteiger partial charge in [0, 0.05) is 12.1 Å². The SMILES string of the molecule is CCC(CC1CC1)NC(C)C12CC3CC(CC(C3)C1)C2. The minimum absolute atomic E-state index is 0.686. The van der Waals surface area contributed by atoms with Crippen LogP contribution in [0.5, 0.6) is 0 Å². The lowest BCUT2D eigenvalue weighted by Crippen LogP contribution is -2.56. The second kappa shape index (κ2) is 5.00. The molecule has 5 aliphatic rings. The van der Waals surface area contributed by atoms with Gasteiger partial charge in [-0.2, -0.15) is 0 Å². The van der Waals surface area contributed by atoms with Gasteiger partial charge in [0.05, 0.1) is 0 Å². The summed E-state index contributed by atoms with van der Waals surface area (Å²) in [4.78, 5) is 0. The fraction of sp³-hybridized carbons (Fsp3) is 1.00. The highest BCUT2D eigenvalue weighted by Crippen LogP contribution is 2.61. The van der Waals surface area contributed by atoms with Crippen LogP contribution >= 0.6 is 0 Å². The Labute approximate surface area is 125 Å². The second-order valence-electron chi connectivity index (χ2n) is 8.95. The first-order chi connectivity index (χ1) is 9.67. The van der Waals surface area contributed by atoms with Crippen LogP contribution in [0.25, 0.3) is 0 Å². The van der Waals surface area contributed by atoms with Crippen molar-refractivity contribution < 1.29 is 0 Å². The third-order valence-corrected chi connectivity index (χ3v) is 7.30. The van der Waals surface area contributed by atoms with Crippen molar-refractivity contribution >= 4 is 0 Å². The summed E-state index contributed by atoms with van der Waals surface area (Å²) in [5, 5.41) is 4.10. The lowest BCUT2D eigenvalue weighted by Gasteiger charge is -2.59.